The number of amides is 1. The van der Waals surface area contributed by atoms with Crippen LogP contribution in [0.25, 0.3) is 0 Å². The Bertz CT molecular complexity index is 387. The number of pyridine rings is 1. The van der Waals surface area contributed by atoms with E-state index < -0.39 is 0 Å². The average molecular weight is 253 g/mol. The lowest BCUT2D eigenvalue weighted by Crippen LogP contribution is -2.34. The summed E-state index contributed by atoms with van der Waals surface area (Å²) in [6.07, 6.45) is 5.44. The Morgan fingerprint density at radius 1 is 1.53 bits per heavy atom. The van der Waals surface area contributed by atoms with Crippen LogP contribution in [0.5, 0.6) is 0 Å². The van der Waals surface area contributed by atoms with Gasteiger partial charge in [-0.15, -0.1) is 0 Å². The van der Waals surface area contributed by atoms with Crippen LogP contribution >= 0.6 is 11.6 Å². The second kappa shape index (κ2) is 5.50. The van der Waals surface area contributed by atoms with Gasteiger partial charge in [0.25, 0.3) is 0 Å². The smallest absolute Gasteiger partial charge is 0.227 e. The largest absolute Gasteiger partial charge is 0.339 e. The fourth-order valence-electron chi connectivity index (χ4n) is 1.93. The predicted molar refractivity (Wildman–Crippen MR) is 68.0 cm³/mol. The minimum Gasteiger partial charge on any atom is -0.339 e. The molecule has 1 aromatic rings. The molecule has 0 radical (unpaired) electrons. The van der Waals surface area contributed by atoms with Gasteiger partial charge >= 0.3 is 0 Å². The molecule has 92 valence electrons. The summed E-state index contributed by atoms with van der Waals surface area (Å²) in [5.74, 6) is 0.207. The van der Waals surface area contributed by atoms with Crippen molar-refractivity contribution < 1.29 is 4.79 Å². The maximum absolute atomic E-state index is 12.1. The summed E-state index contributed by atoms with van der Waals surface area (Å²) in [6, 6.07) is 4.08. The zero-order chi connectivity index (χ0) is 12.3. The molecular formula is C13H17ClN2O. The van der Waals surface area contributed by atoms with Gasteiger partial charge in [0.15, 0.2) is 0 Å². The Hall–Kier alpha value is -1.09. The van der Waals surface area contributed by atoms with E-state index in [4.69, 9.17) is 11.6 Å². The first-order valence-electron chi connectivity index (χ1n) is 6.10. The van der Waals surface area contributed by atoms with Gasteiger partial charge in [-0.05, 0) is 30.9 Å². The lowest BCUT2D eigenvalue weighted by molar-refractivity contribution is -0.131. The molecule has 1 heterocycles. The van der Waals surface area contributed by atoms with Gasteiger partial charge in [-0.25, -0.2) is 4.98 Å². The van der Waals surface area contributed by atoms with Gasteiger partial charge in [0.2, 0.25) is 5.91 Å². The van der Waals surface area contributed by atoms with Crippen LogP contribution in [-0.4, -0.2) is 28.4 Å². The minimum atomic E-state index is 0.207. The average Bonchev–Trinajstić information content (AvgIpc) is 3.13. The summed E-state index contributed by atoms with van der Waals surface area (Å²) in [5.41, 5.74) is 0.932. The Morgan fingerprint density at radius 2 is 2.29 bits per heavy atom. The van der Waals surface area contributed by atoms with Gasteiger partial charge in [-0.2, -0.15) is 0 Å². The number of hydrogen-bond acceptors (Lipinski definition) is 2. The van der Waals surface area contributed by atoms with Gasteiger partial charge in [0.05, 0.1) is 6.42 Å². The van der Waals surface area contributed by atoms with Crippen LogP contribution in [0.2, 0.25) is 5.15 Å². The van der Waals surface area contributed by atoms with Gasteiger partial charge in [0, 0.05) is 18.8 Å². The molecule has 2 rings (SSSR count). The van der Waals surface area contributed by atoms with Crippen molar-refractivity contribution in [3.63, 3.8) is 0 Å². The minimum absolute atomic E-state index is 0.207. The van der Waals surface area contributed by atoms with E-state index in [0.717, 1.165) is 31.4 Å². The molecule has 0 saturated heterocycles. The van der Waals surface area contributed by atoms with Gasteiger partial charge < -0.3 is 4.90 Å². The number of aromatic nitrogens is 1. The molecule has 0 spiro atoms. The molecule has 0 aliphatic heterocycles. The third-order valence-corrected chi connectivity index (χ3v) is 3.14. The van der Waals surface area contributed by atoms with Crippen molar-refractivity contribution in [2.75, 3.05) is 6.54 Å². The molecule has 0 N–H and O–H groups in total. The van der Waals surface area contributed by atoms with Crippen LogP contribution < -0.4 is 0 Å². The van der Waals surface area contributed by atoms with E-state index in [1.807, 2.05) is 11.0 Å². The lowest BCUT2D eigenvalue weighted by atomic mass is 10.2. The fraction of sp³-hybridized carbons (Fsp3) is 0.538. The Morgan fingerprint density at radius 3 is 2.82 bits per heavy atom. The number of hydrogen-bond donors (Lipinski definition) is 0. The van der Waals surface area contributed by atoms with Crippen molar-refractivity contribution in [2.24, 2.45) is 0 Å². The molecule has 0 unspecified atom stereocenters. The SMILES string of the molecule is CCCN(C(=O)Cc1ccc(Cl)nc1)C1CC1. The van der Waals surface area contributed by atoms with Crippen LogP contribution in [0.1, 0.15) is 31.7 Å². The highest BCUT2D eigenvalue weighted by atomic mass is 35.5. The summed E-state index contributed by atoms with van der Waals surface area (Å²) in [6.45, 7) is 2.97. The highest BCUT2D eigenvalue weighted by Crippen LogP contribution is 2.27. The van der Waals surface area contributed by atoms with E-state index in [2.05, 4.69) is 11.9 Å². The molecule has 0 bridgehead atoms. The molecule has 1 fully saturated rings. The second-order valence-corrected chi connectivity index (χ2v) is 4.87. The second-order valence-electron chi connectivity index (χ2n) is 4.48. The lowest BCUT2D eigenvalue weighted by Gasteiger charge is -2.21. The molecule has 1 aromatic heterocycles. The predicted octanol–water partition coefficient (Wildman–Crippen LogP) is 2.68. The van der Waals surface area contributed by atoms with Crippen LogP contribution in [0.4, 0.5) is 0 Å². The van der Waals surface area contributed by atoms with Gasteiger partial charge in [-0.3, -0.25) is 4.79 Å². The van der Waals surface area contributed by atoms with Crippen molar-refractivity contribution in [1.82, 2.24) is 9.88 Å². The molecule has 0 aromatic carbocycles. The summed E-state index contributed by atoms with van der Waals surface area (Å²) >= 11 is 5.71. The molecular weight excluding hydrogens is 236 g/mol. The highest BCUT2D eigenvalue weighted by molar-refractivity contribution is 6.29. The summed E-state index contributed by atoms with van der Waals surface area (Å²) in [5, 5.41) is 0.466. The molecule has 3 nitrogen and oxygen atoms in total. The molecule has 1 saturated carbocycles. The zero-order valence-corrected chi connectivity index (χ0v) is 10.8. The van der Waals surface area contributed by atoms with Gasteiger partial charge in [-0.1, -0.05) is 24.6 Å². The number of carbonyl (C=O) groups is 1. The first-order valence-corrected chi connectivity index (χ1v) is 6.48. The van der Waals surface area contributed by atoms with Crippen LogP contribution in [0.15, 0.2) is 18.3 Å². The van der Waals surface area contributed by atoms with E-state index >= 15 is 0 Å². The number of carbonyl (C=O) groups excluding carboxylic acids is 1. The zero-order valence-electron chi connectivity index (χ0n) is 10.0. The number of rotatable bonds is 5. The van der Waals surface area contributed by atoms with E-state index in [1.54, 1.807) is 12.3 Å². The monoisotopic (exact) mass is 252 g/mol. The molecule has 1 aliphatic rings. The van der Waals surface area contributed by atoms with Crippen molar-refractivity contribution in [3.05, 3.63) is 29.0 Å². The molecule has 1 aliphatic carbocycles. The van der Waals surface area contributed by atoms with Crippen molar-refractivity contribution in [2.45, 2.75) is 38.6 Å². The first kappa shape index (κ1) is 12.4. The van der Waals surface area contributed by atoms with Crippen LogP contribution in [-0.2, 0) is 11.2 Å². The number of nitrogens with zero attached hydrogens (tertiary/aromatic N) is 2. The third-order valence-electron chi connectivity index (χ3n) is 2.92. The quantitative estimate of drug-likeness (QED) is 0.755. The molecule has 1 amide bonds. The van der Waals surface area contributed by atoms with E-state index in [1.165, 1.54) is 0 Å². The number of halogens is 1. The molecule has 17 heavy (non-hydrogen) atoms. The van der Waals surface area contributed by atoms with Gasteiger partial charge in [0.1, 0.15) is 5.15 Å². The maximum Gasteiger partial charge on any atom is 0.227 e. The van der Waals surface area contributed by atoms with Crippen LogP contribution in [0, 0.1) is 0 Å². The Kier molecular flexibility index (Phi) is 4.00. The topological polar surface area (TPSA) is 33.2 Å². The van der Waals surface area contributed by atoms with E-state index in [0.29, 0.717) is 17.6 Å². The van der Waals surface area contributed by atoms with E-state index in [9.17, 15) is 4.79 Å². The van der Waals surface area contributed by atoms with Crippen molar-refractivity contribution >= 4 is 17.5 Å². The van der Waals surface area contributed by atoms with Crippen molar-refractivity contribution in [3.8, 4) is 0 Å². The summed E-state index contributed by atoms with van der Waals surface area (Å²) in [4.78, 5) is 18.1. The summed E-state index contributed by atoms with van der Waals surface area (Å²) in [7, 11) is 0. The fourth-order valence-corrected chi connectivity index (χ4v) is 2.04. The molecule has 0 atom stereocenters. The third kappa shape index (κ3) is 3.43. The Labute approximate surface area is 107 Å². The summed E-state index contributed by atoms with van der Waals surface area (Å²) < 4.78 is 0. The maximum atomic E-state index is 12.1. The Balaban J connectivity index is 1.96. The standard InChI is InChI=1S/C13H17ClN2O/c1-2-7-16(11-4-5-11)13(17)8-10-3-6-12(14)15-9-10/h3,6,9,11H,2,4-5,7-8H2,1H3. The van der Waals surface area contributed by atoms with E-state index in [-0.39, 0.29) is 5.91 Å². The van der Waals surface area contributed by atoms with Crippen LogP contribution in [0.3, 0.4) is 0 Å². The first-order chi connectivity index (χ1) is 8.20. The normalized spacial score (nSPS) is 14.7. The molecule has 4 heteroatoms. The highest BCUT2D eigenvalue weighted by Gasteiger charge is 2.31. The van der Waals surface area contributed by atoms with Crippen molar-refractivity contribution in [1.29, 1.82) is 0 Å².